The summed E-state index contributed by atoms with van der Waals surface area (Å²) in [4.78, 5) is 33.1. The lowest BCUT2D eigenvalue weighted by atomic mass is 10.1. The Bertz CT molecular complexity index is 1090. The van der Waals surface area contributed by atoms with Crippen molar-refractivity contribution < 1.29 is 4.79 Å². The Balaban J connectivity index is 2.10. The van der Waals surface area contributed by atoms with Gasteiger partial charge in [-0.1, -0.05) is 62.6 Å². The van der Waals surface area contributed by atoms with Crippen LogP contribution < -0.4 is 5.56 Å². The van der Waals surface area contributed by atoms with Gasteiger partial charge in [0.15, 0.2) is 0 Å². The van der Waals surface area contributed by atoms with Gasteiger partial charge in [0, 0.05) is 13.6 Å². The molecule has 0 aliphatic rings. The summed E-state index contributed by atoms with van der Waals surface area (Å²) in [5.41, 5.74) is 1.01. The molecule has 5 nitrogen and oxygen atoms in total. The molecule has 6 heteroatoms. The van der Waals surface area contributed by atoms with E-state index in [4.69, 9.17) is 16.6 Å². The second kappa shape index (κ2) is 9.90. The second-order valence-electron chi connectivity index (χ2n) is 7.46. The SMILES string of the molecule is CCCCCN(C(=O)c1ccccc1Cl)C(CC)c1nc2ccccc2c(=O)n1C. The van der Waals surface area contributed by atoms with Gasteiger partial charge in [0.25, 0.3) is 11.5 Å². The Kier molecular flexibility index (Phi) is 7.27. The van der Waals surface area contributed by atoms with Gasteiger partial charge in [0.1, 0.15) is 5.82 Å². The molecule has 0 spiro atoms. The van der Waals surface area contributed by atoms with Crippen molar-refractivity contribution in [2.45, 2.75) is 45.6 Å². The Labute approximate surface area is 182 Å². The van der Waals surface area contributed by atoms with E-state index in [1.807, 2.05) is 42.2 Å². The molecular weight excluding hydrogens is 398 g/mol. The van der Waals surface area contributed by atoms with E-state index in [2.05, 4.69) is 6.92 Å². The number of hydrogen-bond donors (Lipinski definition) is 0. The molecule has 0 aliphatic carbocycles. The van der Waals surface area contributed by atoms with E-state index in [1.165, 1.54) is 0 Å². The highest BCUT2D eigenvalue weighted by molar-refractivity contribution is 6.33. The monoisotopic (exact) mass is 425 g/mol. The first-order valence-corrected chi connectivity index (χ1v) is 10.9. The number of unbranched alkanes of at least 4 members (excludes halogenated alkanes) is 2. The number of nitrogens with zero attached hydrogens (tertiary/aromatic N) is 3. The molecular formula is C24H28ClN3O2. The summed E-state index contributed by atoms with van der Waals surface area (Å²) in [6.07, 6.45) is 3.59. The molecule has 1 aromatic heterocycles. The lowest BCUT2D eigenvalue weighted by Crippen LogP contribution is -2.39. The maximum absolute atomic E-state index is 13.5. The summed E-state index contributed by atoms with van der Waals surface area (Å²) in [5, 5.41) is 1.01. The first kappa shape index (κ1) is 22.0. The minimum atomic E-state index is -0.326. The van der Waals surface area contributed by atoms with Crippen molar-refractivity contribution >= 4 is 28.4 Å². The molecule has 0 bridgehead atoms. The Hall–Kier alpha value is -2.66. The third kappa shape index (κ3) is 4.41. The maximum atomic E-state index is 13.5. The fraction of sp³-hybridized carbons (Fsp3) is 0.375. The van der Waals surface area contributed by atoms with Crippen LogP contribution in [0.25, 0.3) is 10.9 Å². The number of para-hydroxylation sites is 1. The quantitative estimate of drug-likeness (QED) is 0.456. The molecule has 0 N–H and O–H groups in total. The minimum Gasteiger partial charge on any atom is -0.328 e. The third-order valence-corrected chi connectivity index (χ3v) is 5.78. The van der Waals surface area contributed by atoms with Gasteiger partial charge in [-0.2, -0.15) is 0 Å². The minimum absolute atomic E-state index is 0.104. The Morgan fingerprint density at radius 3 is 2.50 bits per heavy atom. The fourth-order valence-corrected chi connectivity index (χ4v) is 4.01. The molecule has 1 amide bonds. The molecule has 158 valence electrons. The van der Waals surface area contributed by atoms with Crippen LogP contribution in [0.1, 0.15) is 61.8 Å². The average molecular weight is 426 g/mol. The lowest BCUT2D eigenvalue weighted by molar-refractivity contribution is 0.0653. The third-order valence-electron chi connectivity index (χ3n) is 5.45. The van der Waals surface area contributed by atoms with E-state index in [-0.39, 0.29) is 17.5 Å². The molecule has 3 aromatic rings. The van der Waals surface area contributed by atoms with Crippen LogP contribution in [0.2, 0.25) is 5.02 Å². The molecule has 2 aromatic carbocycles. The number of halogens is 1. The van der Waals surface area contributed by atoms with Crippen molar-refractivity contribution in [3.8, 4) is 0 Å². The number of carbonyl (C=O) groups is 1. The highest BCUT2D eigenvalue weighted by atomic mass is 35.5. The molecule has 1 unspecified atom stereocenters. The van der Waals surface area contributed by atoms with Crippen LogP contribution in [0.4, 0.5) is 0 Å². The van der Waals surface area contributed by atoms with Crippen molar-refractivity contribution in [1.82, 2.24) is 14.5 Å². The average Bonchev–Trinajstić information content (AvgIpc) is 2.76. The van der Waals surface area contributed by atoms with E-state index in [0.29, 0.717) is 40.3 Å². The van der Waals surface area contributed by atoms with Gasteiger partial charge in [0.05, 0.1) is 27.5 Å². The number of aromatic nitrogens is 2. The zero-order valence-electron chi connectivity index (χ0n) is 17.8. The predicted molar refractivity (Wildman–Crippen MR) is 122 cm³/mol. The summed E-state index contributed by atoms with van der Waals surface area (Å²) in [6, 6.07) is 14.1. The van der Waals surface area contributed by atoms with E-state index in [1.54, 1.807) is 29.8 Å². The van der Waals surface area contributed by atoms with Crippen molar-refractivity contribution in [2.75, 3.05) is 6.54 Å². The number of fused-ring (bicyclic) bond motifs is 1. The Morgan fingerprint density at radius 2 is 1.80 bits per heavy atom. The van der Waals surface area contributed by atoms with Gasteiger partial charge in [-0.3, -0.25) is 14.2 Å². The maximum Gasteiger partial charge on any atom is 0.261 e. The summed E-state index contributed by atoms with van der Waals surface area (Å²) >= 11 is 6.33. The molecule has 0 saturated carbocycles. The van der Waals surface area contributed by atoms with Crippen molar-refractivity contribution in [1.29, 1.82) is 0 Å². The number of rotatable bonds is 8. The highest BCUT2D eigenvalue weighted by Crippen LogP contribution is 2.28. The largest absolute Gasteiger partial charge is 0.328 e. The van der Waals surface area contributed by atoms with Gasteiger partial charge in [-0.05, 0) is 37.1 Å². The van der Waals surface area contributed by atoms with E-state index in [0.717, 1.165) is 19.3 Å². The van der Waals surface area contributed by atoms with Crippen LogP contribution in [-0.4, -0.2) is 26.9 Å². The molecule has 30 heavy (non-hydrogen) atoms. The van der Waals surface area contributed by atoms with Crippen molar-refractivity contribution in [3.63, 3.8) is 0 Å². The normalized spacial score (nSPS) is 12.1. The first-order valence-electron chi connectivity index (χ1n) is 10.5. The highest BCUT2D eigenvalue weighted by Gasteiger charge is 2.29. The summed E-state index contributed by atoms with van der Waals surface area (Å²) < 4.78 is 1.57. The topological polar surface area (TPSA) is 55.2 Å². The molecule has 1 atom stereocenters. The molecule has 0 radical (unpaired) electrons. The second-order valence-corrected chi connectivity index (χ2v) is 7.87. The number of amides is 1. The standard InChI is InChI=1S/C24H28ClN3O2/c1-4-6-11-16-28(24(30)17-12-7-9-14-19(17)25)21(5-2)22-26-20-15-10-8-13-18(20)23(29)27(22)3/h7-10,12-15,21H,4-6,11,16H2,1-3H3. The van der Waals surface area contributed by atoms with E-state index in [9.17, 15) is 9.59 Å². The molecule has 0 aliphatic heterocycles. The van der Waals surface area contributed by atoms with Crippen LogP contribution >= 0.6 is 11.6 Å². The van der Waals surface area contributed by atoms with Crippen LogP contribution in [0.15, 0.2) is 53.3 Å². The lowest BCUT2D eigenvalue weighted by Gasteiger charge is -2.32. The first-order chi connectivity index (χ1) is 14.5. The number of benzene rings is 2. The molecule has 0 saturated heterocycles. The van der Waals surface area contributed by atoms with Gasteiger partial charge in [-0.25, -0.2) is 4.98 Å². The van der Waals surface area contributed by atoms with E-state index < -0.39 is 0 Å². The van der Waals surface area contributed by atoms with Gasteiger partial charge < -0.3 is 4.90 Å². The number of carbonyl (C=O) groups excluding carboxylic acids is 1. The summed E-state index contributed by atoms with van der Waals surface area (Å²) in [7, 11) is 1.73. The summed E-state index contributed by atoms with van der Waals surface area (Å²) in [5.74, 6) is 0.462. The number of hydrogen-bond acceptors (Lipinski definition) is 3. The Morgan fingerprint density at radius 1 is 1.10 bits per heavy atom. The van der Waals surface area contributed by atoms with Crippen LogP contribution in [0, 0.1) is 0 Å². The van der Waals surface area contributed by atoms with Crippen LogP contribution in [0.5, 0.6) is 0 Å². The zero-order valence-corrected chi connectivity index (χ0v) is 18.5. The smallest absolute Gasteiger partial charge is 0.261 e. The van der Waals surface area contributed by atoms with Crippen molar-refractivity contribution in [2.24, 2.45) is 7.05 Å². The fourth-order valence-electron chi connectivity index (χ4n) is 3.80. The predicted octanol–water partition coefficient (Wildman–Crippen LogP) is 5.37. The molecule has 3 rings (SSSR count). The summed E-state index contributed by atoms with van der Waals surface area (Å²) in [6.45, 7) is 4.73. The van der Waals surface area contributed by atoms with Gasteiger partial charge in [-0.15, -0.1) is 0 Å². The van der Waals surface area contributed by atoms with Crippen LogP contribution in [-0.2, 0) is 7.05 Å². The molecule has 1 heterocycles. The van der Waals surface area contributed by atoms with Crippen LogP contribution in [0.3, 0.4) is 0 Å². The van der Waals surface area contributed by atoms with Gasteiger partial charge >= 0.3 is 0 Å². The van der Waals surface area contributed by atoms with E-state index >= 15 is 0 Å². The van der Waals surface area contributed by atoms with Gasteiger partial charge in [0.2, 0.25) is 0 Å². The zero-order chi connectivity index (χ0) is 21.7. The molecule has 0 fully saturated rings. The van der Waals surface area contributed by atoms with Crippen molar-refractivity contribution in [3.05, 3.63) is 75.3 Å².